The minimum absolute atomic E-state index is 0.0294. The summed E-state index contributed by atoms with van der Waals surface area (Å²) < 4.78 is 7.51. The van der Waals surface area contributed by atoms with E-state index in [0.717, 1.165) is 48.1 Å². The topological polar surface area (TPSA) is 76.5 Å². The molecule has 1 heterocycles. The number of fused-ring (bicyclic) bond motifs is 1. The zero-order valence-corrected chi connectivity index (χ0v) is 22.4. The molecule has 0 bridgehead atoms. The maximum atomic E-state index is 13.1. The van der Waals surface area contributed by atoms with Gasteiger partial charge in [0.15, 0.2) is 6.61 Å². The number of nitrogens with one attached hydrogen (secondary N) is 1. The number of hydrogen-bond acceptors (Lipinski definition) is 4. The van der Waals surface area contributed by atoms with E-state index in [-0.39, 0.29) is 25.0 Å². The lowest BCUT2D eigenvalue weighted by atomic mass is 10.2. The molecule has 3 aromatic carbocycles. The van der Waals surface area contributed by atoms with E-state index in [9.17, 15) is 9.59 Å². The number of unbranched alkanes of at least 4 members (excludes halogenated alkanes) is 2. The smallest absolute Gasteiger partial charge is 0.257 e. The summed E-state index contributed by atoms with van der Waals surface area (Å²) in [4.78, 5) is 31.7. The average Bonchev–Trinajstić information content (AvgIpc) is 3.27. The second-order valence-electron chi connectivity index (χ2n) is 9.24. The summed E-state index contributed by atoms with van der Waals surface area (Å²) in [5.74, 6) is 1.41. The molecule has 8 heteroatoms. The molecule has 4 aromatic rings. The number of nitrogens with zero attached hydrogens (tertiary/aromatic N) is 3. The van der Waals surface area contributed by atoms with Crippen molar-refractivity contribution in [3.05, 3.63) is 95.3 Å². The van der Waals surface area contributed by atoms with E-state index in [2.05, 4.69) is 5.32 Å². The van der Waals surface area contributed by atoms with Crippen molar-refractivity contribution in [2.24, 2.45) is 0 Å². The van der Waals surface area contributed by atoms with Gasteiger partial charge in [0.05, 0.1) is 11.0 Å². The third kappa shape index (κ3) is 7.83. The molecule has 0 aliphatic carbocycles. The molecule has 7 nitrogen and oxygen atoms in total. The molecular formula is C30H33ClN4O3. The Hall–Kier alpha value is -3.84. The first-order valence-electron chi connectivity index (χ1n) is 12.9. The Labute approximate surface area is 228 Å². The van der Waals surface area contributed by atoms with E-state index >= 15 is 0 Å². The Kier molecular flexibility index (Phi) is 9.76. The number of halogens is 1. The fourth-order valence-corrected chi connectivity index (χ4v) is 4.36. The van der Waals surface area contributed by atoms with Gasteiger partial charge in [0.1, 0.15) is 18.1 Å². The largest absolute Gasteiger partial charge is 0.484 e. The van der Waals surface area contributed by atoms with Crippen LogP contribution >= 0.6 is 11.6 Å². The molecule has 0 spiro atoms. The fourth-order valence-electron chi connectivity index (χ4n) is 4.24. The predicted octanol–water partition coefficient (Wildman–Crippen LogP) is 5.26. The summed E-state index contributed by atoms with van der Waals surface area (Å²) in [6.07, 6.45) is 3.46. The highest BCUT2D eigenvalue weighted by Gasteiger charge is 2.16. The molecule has 0 radical (unpaired) electrons. The lowest BCUT2D eigenvalue weighted by molar-refractivity contribution is -0.131. The maximum Gasteiger partial charge on any atom is 0.257 e. The van der Waals surface area contributed by atoms with Crippen molar-refractivity contribution < 1.29 is 14.3 Å². The van der Waals surface area contributed by atoms with Crippen molar-refractivity contribution in [1.29, 1.82) is 0 Å². The third-order valence-electron chi connectivity index (χ3n) is 6.30. The number of hydrogen-bond donors (Lipinski definition) is 1. The normalized spacial score (nSPS) is 10.9. The van der Waals surface area contributed by atoms with Crippen LogP contribution in [0.15, 0.2) is 78.9 Å². The van der Waals surface area contributed by atoms with Gasteiger partial charge in [-0.3, -0.25) is 9.59 Å². The molecule has 0 saturated carbocycles. The van der Waals surface area contributed by atoms with Gasteiger partial charge in [-0.1, -0.05) is 60.5 Å². The fraction of sp³-hybridized carbons (Fsp3) is 0.300. The van der Waals surface area contributed by atoms with Gasteiger partial charge < -0.3 is 19.5 Å². The van der Waals surface area contributed by atoms with Crippen LogP contribution in [0.1, 0.15) is 30.7 Å². The zero-order valence-electron chi connectivity index (χ0n) is 21.6. The number of aryl methyl sites for hydroxylation is 1. The van der Waals surface area contributed by atoms with Crippen molar-refractivity contribution in [3.63, 3.8) is 0 Å². The van der Waals surface area contributed by atoms with Crippen molar-refractivity contribution in [2.45, 2.75) is 38.8 Å². The summed E-state index contributed by atoms with van der Waals surface area (Å²) in [5, 5.41) is 3.52. The molecule has 0 atom stereocenters. The van der Waals surface area contributed by atoms with E-state index in [4.69, 9.17) is 21.3 Å². The Morgan fingerprint density at radius 1 is 0.947 bits per heavy atom. The van der Waals surface area contributed by atoms with Crippen LogP contribution in [0.2, 0.25) is 5.02 Å². The highest BCUT2D eigenvalue weighted by atomic mass is 35.5. The van der Waals surface area contributed by atoms with Gasteiger partial charge in [-0.05, 0) is 54.8 Å². The molecule has 198 valence electrons. The van der Waals surface area contributed by atoms with Gasteiger partial charge in [-0.15, -0.1) is 0 Å². The van der Waals surface area contributed by atoms with E-state index in [1.54, 1.807) is 29.2 Å². The Bertz CT molecular complexity index is 1340. The molecule has 0 aliphatic rings. The number of carbonyl (C=O) groups excluding carboxylic acids is 2. The second kappa shape index (κ2) is 13.6. The minimum atomic E-state index is -0.153. The maximum absolute atomic E-state index is 13.1. The lowest BCUT2D eigenvalue weighted by Gasteiger charge is -2.19. The summed E-state index contributed by atoms with van der Waals surface area (Å²) >= 11 is 5.86. The summed E-state index contributed by atoms with van der Waals surface area (Å²) in [6.45, 7) is 1.38. The van der Waals surface area contributed by atoms with Crippen LogP contribution in [0.3, 0.4) is 0 Å². The zero-order chi connectivity index (χ0) is 26.7. The molecule has 0 unspecified atom stereocenters. The lowest BCUT2D eigenvalue weighted by Crippen LogP contribution is -2.30. The van der Waals surface area contributed by atoms with Crippen LogP contribution in [-0.2, 0) is 29.1 Å². The van der Waals surface area contributed by atoms with Gasteiger partial charge in [0.25, 0.3) is 5.91 Å². The number of ether oxygens (including phenoxy) is 1. The minimum Gasteiger partial charge on any atom is -0.484 e. The molecule has 0 fully saturated rings. The van der Waals surface area contributed by atoms with Crippen LogP contribution in [0, 0.1) is 0 Å². The number of carbonyl (C=O) groups is 2. The van der Waals surface area contributed by atoms with E-state index < -0.39 is 0 Å². The second-order valence-corrected chi connectivity index (χ2v) is 9.68. The quantitative estimate of drug-likeness (QED) is 0.238. The van der Waals surface area contributed by atoms with Gasteiger partial charge in [-0.2, -0.15) is 0 Å². The number of rotatable bonds is 13. The monoisotopic (exact) mass is 532 g/mol. The molecule has 0 saturated heterocycles. The number of likely N-dealkylation sites (N-methyl/N-ethyl adjacent to an activating group) is 1. The molecule has 1 N–H and O–H groups in total. The highest BCUT2D eigenvalue weighted by molar-refractivity contribution is 6.30. The third-order valence-corrected chi connectivity index (χ3v) is 6.55. The van der Waals surface area contributed by atoms with Gasteiger partial charge in [0, 0.05) is 31.6 Å². The number of aromatic nitrogens is 2. The Morgan fingerprint density at radius 2 is 1.68 bits per heavy atom. The molecule has 4 rings (SSSR count). The SMILES string of the molecule is CN(Cc1ccccc1)C(=O)Cn1c(CCCCCNC(=O)COc2ccc(Cl)cc2)nc2ccccc21. The highest BCUT2D eigenvalue weighted by Crippen LogP contribution is 2.19. The van der Waals surface area contributed by atoms with Crippen LogP contribution in [-0.4, -0.2) is 46.5 Å². The Balaban J connectivity index is 1.24. The van der Waals surface area contributed by atoms with Crippen LogP contribution < -0.4 is 10.1 Å². The van der Waals surface area contributed by atoms with Gasteiger partial charge in [-0.25, -0.2) is 4.98 Å². The molecule has 1 aromatic heterocycles. The van der Waals surface area contributed by atoms with Crippen molar-refractivity contribution >= 4 is 34.4 Å². The summed E-state index contributed by atoms with van der Waals surface area (Å²) in [7, 11) is 1.84. The van der Waals surface area contributed by atoms with Gasteiger partial charge in [0.2, 0.25) is 5.91 Å². The van der Waals surface area contributed by atoms with Crippen molar-refractivity contribution in [3.8, 4) is 5.75 Å². The van der Waals surface area contributed by atoms with Gasteiger partial charge >= 0.3 is 0 Å². The van der Waals surface area contributed by atoms with Crippen LogP contribution in [0.25, 0.3) is 11.0 Å². The van der Waals surface area contributed by atoms with Crippen molar-refractivity contribution in [2.75, 3.05) is 20.2 Å². The van der Waals surface area contributed by atoms with Crippen LogP contribution in [0.4, 0.5) is 0 Å². The number of amides is 2. The molecule has 38 heavy (non-hydrogen) atoms. The molecular weight excluding hydrogens is 500 g/mol. The van der Waals surface area contributed by atoms with Crippen LogP contribution in [0.5, 0.6) is 5.75 Å². The standard InChI is InChI=1S/C30H33ClN4O3/c1-34(20-23-10-4-2-5-11-23)30(37)21-35-27-13-8-7-12-26(27)33-28(35)14-6-3-9-19-32-29(36)22-38-25-17-15-24(31)16-18-25/h2,4-5,7-8,10-13,15-18H,3,6,9,14,19-22H2,1H3,(H,32,36). The predicted molar refractivity (Wildman–Crippen MR) is 150 cm³/mol. The molecule has 0 aliphatic heterocycles. The number of imidazole rings is 1. The Morgan fingerprint density at radius 3 is 2.47 bits per heavy atom. The first kappa shape index (κ1) is 27.2. The van der Waals surface area contributed by atoms with Crippen molar-refractivity contribution in [1.82, 2.24) is 19.8 Å². The molecule has 2 amide bonds. The number of para-hydroxylation sites is 2. The summed E-state index contributed by atoms with van der Waals surface area (Å²) in [6, 6.07) is 24.8. The number of benzene rings is 3. The van der Waals surface area contributed by atoms with E-state index in [1.807, 2.05) is 66.2 Å². The van der Waals surface area contributed by atoms with E-state index in [0.29, 0.717) is 23.9 Å². The first-order chi connectivity index (χ1) is 18.5. The summed E-state index contributed by atoms with van der Waals surface area (Å²) in [5.41, 5.74) is 2.97. The average molecular weight is 533 g/mol. The first-order valence-corrected chi connectivity index (χ1v) is 13.2. The van der Waals surface area contributed by atoms with E-state index in [1.165, 1.54) is 0 Å².